The van der Waals surface area contributed by atoms with E-state index in [1.165, 1.54) is 42.9 Å². The van der Waals surface area contributed by atoms with E-state index in [0.717, 1.165) is 49.6 Å². The topological polar surface area (TPSA) is 214 Å². The lowest BCUT2D eigenvalue weighted by molar-refractivity contribution is -0.384. The van der Waals surface area contributed by atoms with Gasteiger partial charge in [-0.15, -0.1) is 0 Å². The predicted octanol–water partition coefficient (Wildman–Crippen LogP) is 9.26. The van der Waals surface area contributed by atoms with Crippen LogP contribution in [0.2, 0.25) is 0 Å². The maximum Gasteiger partial charge on any atom is 0.297 e. The quantitative estimate of drug-likeness (QED) is 0.0376. The molecule has 5 aliphatic rings. The smallest absolute Gasteiger partial charge is 0.297 e. The van der Waals surface area contributed by atoms with Gasteiger partial charge in [-0.05, 0) is 130 Å². The minimum absolute atomic E-state index is 0.00556. The number of aromatic amines is 1. The van der Waals surface area contributed by atoms with Crippen molar-refractivity contribution in [3.8, 4) is 17.2 Å². The Kier molecular flexibility index (Phi) is 13.4. The molecule has 2 saturated heterocycles. The molecule has 0 radical (unpaired) electrons. The molecule has 5 aromatic rings. The van der Waals surface area contributed by atoms with Crippen LogP contribution in [0, 0.1) is 21.4 Å². The lowest BCUT2D eigenvalue weighted by Crippen LogP contribution is -2.54. The summed E-state index contributed by atoms with van der Waals surface area (Å²) in [5.41, 5.74) is 3.41. The average molecular weight is 991 g/mol. The second kappa shape index (κ2) is 19.6. The van der Waals surface area contributed by atoms with Gasteiger partial charge in [0.2, 0.25) is 0 Å². The van der Waals surface area contributed by atoms with Crippen LogP contribution in [0.25, 0.3) is 11.0 Å². The fraction of sp³-hybridized carbons (Fsp3) is 0.509. The van der Waals surface area contributed by atoms with Gasteiger partial charge in [-0.3, -0.25) is 19.8 Å². The molecule has 10 rings (SSSR count). The zero-order chi connectivity index (χ0) is 49.7. The van der Waals surface area contributed by atoms with E-state index in [9.17, 15) is 28.4 Å². The molecule has 2 aliphatic carbocycles. The number of aromatic nitrogens is 2. The summed E-state index contributed by atoms with van der Waals surface area (Å²) in [5.74, 6) is 0.387. The van der Waals surface area contributed by atoms with Crippen molar-refractivity contribution >= 4 is 49.8 Å². The normalized spacial score (nSPS) is 23.5. The number of fused-ring (bicyclic) bond motifs is 2. The molecule has 2 atom stereocenters. The molecule has 5 N–H and O–H groups in total. The van der Waals surface area contributed by atoms with Crippen molar-refractivity contribution in [3.05, 3.63) is 99.7 Å². The SMILES string of the molecule is COCCNc1nc2[nH]ccc2cc1Oc1cc(N2CCC3(CC2)CC(N2CCC[C@@H]2c2ccccc2C(C)C)C3)ccc1C(=O)NS(=O)(=O)c1cc2c(c([N+](=O)[O-])c1)N[C@@H]([C@H]1CC[C@](C)(O)CC1)CO2. The number of nitro groups is 1. The van der Waals surface area contributed by atoms with E-state index in [1.54, 1.807) is 31.5 Å². The number of nitrogens with one attached hydrogen (secondary N) is 4. The lowest BCUT2D eigenvalue weighted by Gasteiger charge is -2.56. The van der Waals surface area contributed by atoms with Gasteiger partial charge in [0.1, 0.15) is 18.0 Å². The van der Waals surface area contributed by atoms with Gasteiger partial charge in [0.25, 0.3) is 21.6 Å². The van der Waals surface area contributed by atoms with Crippen LogP contribution in [0.4, 0.5) is 22.9 Å². The molecule has 5 heterocycles. The van der Waals surface area contributed by atoms with Crippen molar-refractivity contribution < 1.29 is 37.5 Å². The molecule has 18 heteroatoms. The number of sulfonamides is 1. The summed E-state index contributed by atoms with van der Waals surface area (Å²) in [4.78, 5) is 38.6. The standard InChI is InChI=1S/C53H66N8O9S/c1-33(2)39-8-5-6-9-40(39)43-10-7-22-60(43)37-30-53(31-37)18-23-59(24-19-53)36-11-12-41(45(27-36)70-47-26-35-15-20-54-49(35)57-50(47)55-21-25-68-4)51(62)58-71(66,67)38-28-44(61(64)65)48-46(29-38)69-32-42(56-48)34-13-16-52(3,63)17-14-34/h5-6,8-9,11-12,15,20,26-29,33-34,37,42-43,56,63H,7,10,13-14,16-19,21-25,30-32H2,1-4H3,(H,58,62)(H2,54,55,57)/t34-,42-,43-,52-/m1/s1. The third kappa shape index (κ3) is 10.00. The number of rotatable bonds is 15. The highest BCUT2D eigenvalue weighted by atomic mass is 32.2. The van der Waals surface area contributed by atoms with E-state index in [1.807, 2.05) is 19.1 Å². The largest absolute Gasteiger partial charge is 0.489 e. The maximum atomic E-state index is 14.4. The Hall–Kier alpha value is -5.95. The first-order valence-electron chi connectivity index (χ1n) is 25.2. The van der Waals surface area contributed by atoms with Crippen LogP contribution in [0.5, 0.6) is 17.2 Å². The number of methoxy groups -OCH3 is 1. The number of hydrogen-bond donors (Lipinski definition) is 5. The van der Waals surface area contributed by atoms with E-state index < -0.39 is 37.0 Å². The Labute approximate surface area is 415 Å². The molecule has 0 bridgehead atoms. The van der Waals surface area contributed by atoms with Crippen LogP contribution >= 0.6 is 0 Å². The number of ether oxygens (including phenoxy) is 3. The molecule has 378 valence electrons. The highest BCUT2D eigenvalue weighted by Crippen LogP contribution is 2.54. The second-order valence-corrected chi connectivity index (χ2v) is 22.8. The average Bonchev–Trinajstić information content (AvgIpc) is 4.02. The summed E-state index contributed by atoms with van der Waals surface area (Å²) in [6, 6.07) is 20.7. The molecule has 4 fully saturated rings. The molecule has 1 spiro atoms. The summed E-state index contributed by atoms with van der Waals surface area (Å²) in [7, 11) is -3.11. The number of likely N-dealkylation sites (tertiary alicyclic amines) is 1. The summed E-state index contributed by atoms with van der Waals surface area (Å²) in [5, 5.41) is 30.2. The molecule has 71 heavy (non-hydrogen) atoms. The van der Waals surface area contributed by atoms with Gasteiger partial charge in [0, 0.05) is 74.3 Å². The molecule has 2 aromatic heterocycles. The van der Waals surface area contributed by atoms with E-state index in [4.69, 9.17) is 19.2 Å². The molecular weight excluding hydrogens is 925 g/mol. The predicted molar refractivity (Wildman–Crippen MR) is 272 cm³/mol. The lowest BCUT2D eigenvalue weighted by atomic mass is 9.59. The van der Waals surface area contributed by atoms with Crippen molar-refractivity contribution in [2.24, 2.45) is 11.3 Å². The second-order valence-electron chi connectivity index (χ2n) is 21.1. The monoisotopic (exact) mass is 990 g/mol. The van der Waals surface area contributed by atoms with Gasteiger partial charge < -0.3 is 39.8 Å². The van der Waals surface area contributed by atoms with E-state index in [-0.39, 0.29) is 46.7 Å². The van der Waals surface area contributed by atoms with Gasteiger partial charge in [-0.2, -0.15) is 0 Å². The molecule has 17 nitrogen and oxygen atoms in total. The zero-order valence-corrected chi connectivity index (χ0v) is 41.9. The number of piperidine rings is 1. The van der Waals surface area contributed by atoms with Crippen molar-refractivity contribution in [3.63, 3.8) is 0 Å². The highest BCUT2D eigenvalue weighted by Gasteiger charge is 2.50. The van der Waals surface area contributed by atoms with E-state index in [2.05, 4.69) is 68.3 Å². The van der Waals surface area contributed by atoms with Crippen molar-refractivity contribution in [1.29, 1.82) is 0 Å². The van der Waals surface area contributed by atoms with Crippen LogP contribution in [0.1, 0.15) is 118 Å². The molecule has 2 saturated carbocycles. The van der Waals surface area contributed by atoms with E-state index >= 15 is 0 Å². The number of H-pyrrole nitrogens is 1. The number of amides is 1. The Morgan fingerprint density at radius 2 is 1.79 bits per heavy atom. The van der Waals surface area contributed by atoms with Crippen molar-refractivity contribution in [1.82, 2.24) is 19.6 Å². The summed E-state index contributed by atoms with van der Waals surface area (Å²) >= 11 is 0. The van der Waals surface area contributed by atoms with Gasteiger partial charge in [0.05, 0.1) is 33.6 Å². The Morgan fingerprint density at radius 3 is 2.54 bits per heavy atom. The minimum atomic E-state index is -4.71. The van der Waals surface area contributed by atoms with Crippen molar-refractivity contribution in [2.45, 2.75) is 120 Å². The van der Waals surface area contributed by atoms with Crippen LogP contribution in [0.3, 0.4) is 0 Å². The first-order valence-corrected chi connectivity index (χ1v) is 26.7. The number of carbonyl (C=O) groups excluding carboxylic acids is 1. The van der Waals surface area contributed by atoms with Crippen molar-refractivity contribution in [2.75, 3.05) is 62.0 Å². The summed E-state index contributed by atoms with van der Waals surface area (Å²) in [6.07, 6.45) is 11.2. The van der Waals surface area contributed by atoms with Gasteiger partial charge >= 0.3 is 0 Å². The minimum Gasteiger partial charge on any atom is -0.489 e. The summed E-state index contributed by atoms with van der Waals surface area (Å²) < 4.78 is 48.4. The number of benzene rings is 3. The van der Waals surface area contributed by atoms with Gasteiger partial charge in [-0.25, -0.2) is 18.1 Å². The third-order valence-corrected chi connectivity index (χ3v) is 17.3. The third-order valence-electron chi connectivity index (χ3n) is 16.0. The molecule has 1 amide bonds. The zero-order valence-electron chi connectivity index (χ0n) is 41.0. The molecular formula is C53H66N8O9S. The van der Waals surface area contributed by atoms with Crippen LogP contribution in [-0.2, 0) is 14.8 Å². The molecule has 3 aliphatic heterocycles. The first-order chi connectivity index (χ1) is 34.1. The van der Waals surface area contributed by atoms with Crippen LogP contribution < -0.4 is 29.7 Å². The van der Waals surface area contributed by atoms with Gasteiger partial charge in [0.15, 0.2) is 23.0 Å². The first kappa shape index (κ1) is 48.7. The fourth-order valence-electron chi connectivity index (χ4n) is 12.0. The fourth-order valence-corrected chi connectivity index (χ4v) is 13.0. The molecule has 0 unspecified atom stereocenters. The van der Waals surface area contributed by atoms with Crippen LogP contribution in [-0.4, -0.2) is 103 Å². The number of hydrogen-bond acceptors (Lipinski definition) is 14. The Bertz CT molecular complexity index is 2900. The highest BCUT2D eigenvalue weighted by molar-refractivity contribution is 7.90. The number of carbonyl (C=O) groups is 1. The number of pyridine rings is 1. The number of nitro benzene ring substituents is 1. The van der Waals surface area contributed by atoms with Crippen LogP contribution in [0.15, 0.2) is 77.8 Å². The Balaban J connectivity index is 0.889. The number of aliphatic hydroxyl groups is 1. The maximum absolute atomic E-state index is 14.4. The van der Waals surface area contributed by atoms with Gasteiger partial charge in [-0.1, -0.05) is 38.1 Å². The number of nitrogens with zero attached hydrogens (tertiary/aromatic N) is 4. The Morgan fingerprint density at radius 1 is 1.01 bits per heavy atom. The van der Waals surface area contributed by atoms with E-state index in [0.29, 0.717) is 74.1 Å². The summed E-state index contributed by atoms with van der Waals surface area (Å²) in [6.45, 7) is 10.1. The number of anilines is 3. The molecule has 3 aromatic carbocycles.